The molecule has 0 aliphatic carbocycles. The Bertz CT molecular complexity index is 1140. The molecule has 3 aromatic carbocycles. The van der Waals surface area contributed by atoms with Crippen LogP contribution in [0.4, 0.5) is 5.69 Å². The molecule has 0 aliphatic heterocycles. The lowest BCUT2D eigenvalue weighted by Crippen LogP contribution is -2.30. The van der Waals surface area contributed by atoms with Gasteiger partial charge in [-0.2, -0.15) is 0 Å². The van der Waals surface area contributed by atoms with Gasteiger partial charge in [-0.05, 0) is 62.4 Å². The molecule has 0 fully saturated rings. The van der Waals surface area contributed by atoms with E-state index in [-0.39, 0.29) is 5.91 Å². The number of ether oxygens (including phenoxy) is 1. The van der Waals surface area contributed by atoms with Gasteiger partial charge in [0.2, 0.25) is 0 Å². The molecule has 0 saturated heterocycles. The van der Waals surface area contributed by atoms with E-state index < -0.39 is 6.10 Å². The summed E-state index contributed by atoms with van der Waals surface area (Å²) in [6, 6.07) is 22.9. The van der Waals surface area contributed by atoms with Crippen molar-refractivity contribution < 1.29 is 9.53 Å². The number of anilines is 1. The molecule has 1 amide bonds. The summed E-state index contributed by atoms with van der Waals surface area (Å²) < 4.78 is 5.79. The second-order valence-corrected chi connectivity index (χ2v) is 6.88. The molecule has 1 N–H and O–H groups in total. The molecule has 0 spiro atoms. The van der Waals surface area contributed by atoms with Gasteiger partial charge in [-0.3, -0.25) is 9.78 Å². The maximum Gasteiger partial charge on any atom is 0.265 e. The summed E-state index contributed by atoms with van der Waals surface area (Å²) in [7, 11) is 0. The lowest BCUT2D eigenvalue weighted by Gasteiger charge is -2.15. The molecule has 5 heteroatoms. The Morgan fingerprint density at radius 1 is 0.931 bits per heavy atom. The van der Waals surface area contributed by atoms with Crippen molar-refractivity contribution in [3.8, 4) is 17.0 Å². The van der Waals surface area contributed by atoms with Gasteiger partial charge in [-0.25, -0.2) is 4.98 Å². The van der Waals surface area contributed by atoms with Crippen LogP contribution in [0.5, 0.6) is 5.75 Å². The fraction of sp³-hybridized carbons (Fsp3) is 0.125. The summed E-state index contributed by atoms with van der Waals surface area (Å²) in [5.41, 5.74) is 5.34. The number of nitrogens with one attached hydrogen (secondary N) is 1. The van der Waals surface area contributed by atoms with Gasteiger partial charge in [0.05, 0.1) is 22.9 Å². The van der Waals surface area contributed by atoms with E-state index in [2.05, 4.69) is 15.3 Å². The predicted octanol–water partition coefficient (Wildman–Crippen LogP) is 5.01. The van der Waals surface area contributed by atoms with Crippen LogP contribution in [0.15, 0.2) is 79.0 Å². The fourth-order valence-electron chi connectivity index (χ4n) is 2.94. The number of amides is 1. The molecule has 1 unspecified atom stereocenters. The SMILES string of the molecule is Cc1ccc(NC(=O)C(C)Oc2ccc(-c3cnc4ccccc4n3)cc2)cc1. The van der Waals surface area contributed by atoms with Crippen molar-refractivity contribution in [2.24, 2.45) is 0 Å². The van der Waals surface area contributed by atoms with E-state index in [1.165, 1.54) is 0 Å². The lowest BCUT2D eigenvalue weighted by molar-refractivity contribution is -0.122. The van der Waals surface area contributed by atoms with E-state index in [1.807, 2.05) is 79.7 Å². The number of rotatable bonds is 5. The Labute approximate surface area is 169 Å². The first-order valence-electron chi connectivity index (χ1n) is 9.45. The number of hydrogen-bond donors (Lipinski definition) is 1. The Balaban J connectivity index is 1.43. The molecule has 29 heavy (non-hydrogen) atoms. The van der Waals surface area contributed by atoms with Crippen LogP contribution in [0.2, 0.25) is 0 Å². The quantitative estimate of drug-likeness (QED) is 0.526. The Morgan fingerprint density at radius 3 is 2.34 bits per heavy atom. The third kappa shape index (κ3) is 4.41. The van der Waals surface area contributed by atoms with Crippen LogP contribution in [0.25, 0.3) is 22.3 Å². The summed E-state index contributed by atoms with van der Waals surface area (Å²) in [5.74, 6) is 0.423. The molecule has 1 heterocycles. The summed E-state index contributed by atoms with van der Waals surface area (Å²) >= 11 is 0. The first-order valence-corrected chi connectivity index (χ1v) is 9.45. The highest BCUT2D eigenvalue weighted by molar-refractivity contribution is 5.94. The smallest absolute Gasteiger partial charge is 0.265 e. The van der Waals surface area contributed by atoms with Crippen molar-refractivity contribution in [2.45, 2.75) is 20.0 Å². The van der Waals surface area contributed by atoms with Crippen molar-refractivity contribution in [2.75, 3.05) is 5.32 Å². The highest BCUT2D eigenvalue weighted by Crippen LogP contribution is 2.23. The monoisotopic (exact) mass is 383 g/mol. The minimum absolute atomic E-state index is 0.196. The van der Waals surface area contributed by atoms with E-state index in [1.54, 1.807) is 13.1 Å². The normalized spacial score (nSPS) is 11.8. The minimum atomic E-state index is -0.623. The number of aryl methyl sites for hydroxylation is 1. The van der Waals surface area contributed by atoms with Gasteiger partial charge in [0.15, 0.2) is 6.10 Å². The molecule has 4 aromatic rings. The number of hydrogen-bond acceptors (Lipinski definition) is 4. The zero-order valence-electron chi connectivity index (χ0n) is 16.3. The van der Waals surface area contributed by atoms with E-state index >= 15 is 0 Å². The topological polar surface area (TPSA) is 64.1 Å². The molecule has 1 aromatic heterocycles. The van der Waals surface area contributed by atoms with Crippen LogP contribution in [0, 0.1) is 6.92 Å². The predicted molar refractivity (Wildman–Crippen MR) is 115 cm³/mol. The third-order valence-corrected chi connectivity index (χ3v) is 4.60. The zero-order valence-corrected chi connectivity index (χ0v) is 16.3. The first-order chi connectivity index (χ1) is 14.1. The molecular weight excluding hydrogens is 362 g/mol. The highest BCUT2D eigenvalue weighted by atomic mass is 16.5. The van der Waals surface area contributed by atoms with E-state index in [4.69, 9.17) is 4.74 Å². The van der Waals surface area contributed by atoms with Gasteiger partial charge >= 0.3 is 0 Å². The number of aromatic nitrogens is 2. The summed E-state index contributed by atoms with van der Waals surface area (Å²) in [5, 5.41) is 2.86. The average Bonchev–Trinajstić information content (AvgIpc) is 2.75. The maximum absolute atomic E-state index is 12.4. The number of benzene rings is 3. The fourth-order valence-corrected chi connectivity index (χ4v) is 2.94. The van der Waals surface area contributed by atoms with Gasteiger partial charge in [0, 0.05) is 11.3 Å². The summed E-state index contributed by atoms with van der Waals surface area (Å²) in [4.78, 5) is 21.5. The van der Waals surface area contributed by atoms with Gasteiger partial charge in [0.25, 0.3) is 5.91 Å². The standard InChI is InChI=1S/C24H21N3O2/c1-16-7-11-19(12-8-16)26-24(28)17(2)29-20-13-9-18(10-14-20)23-15-25-21-5-3-4-6-22(21)27-23/h3-15,17H,1-2H3,(H,26,28). The summed E-state index contributed by atoms with van der Waals surface area (Å²) in [6.45, 7) is 3.73. The van der Waals surface area contributed by atoms with Crippen LogP contribution in [0.3, 0.4) is 0 Å². The molecule has 5 nitrogen and oxygen atoms in total. The zero-order chi connectivity index (χ0) is 20.2. The molecular formula is C24H21N3O2. The Hall–Kier alpha value is -3.73. The molecule has 144 valence electrons. The Morgan fingerprint density at radius 2 is 1.62 bits per heavy atom. The number of para-hydroxylation sites is 2. The average molecular weight is 383 g/mol. The van der Waals surface area contributed by atoms with Crippen LogP contribution >= 0.6 is 0 Å². The minimum Gasteiger partial charge on any atom is -0.481 e. The molecule has 1 atom stereocenters. The van der Waals surface area contributed by atoms with Gasteiger partial charge in [-0.15, -0.1) is 0 Å². The maximum atomic E-state index is 12.4. The molecule has 0 aliphatic rings. The second kappa shape index (κ2) is 8.10. The summed E-state index contributed by atoms with van der Waals surface area (Å²) in [6.07, 6.45) is 1.14. The van der Waals surface area contributed by atoms with Gasteiger partial charge in [0.1, 0.15) is 5.75 Å². The van der Waals surface area contributed by atoms with Crippen LogP contribution in [-0.4, -0.2) is 22.0 Å². The first kappa shape index (κ1) is 18.6. The second-order valence-electron chi connectivity index (χ2n) is 6.88. The van der Waals surface area contributed by atoms with Gasteiger partial charge in [-0.1, -0.05) is 29.8 Å². The van der Waals surface area contributed by atoms with Crippen molar-refractivity contribution in [1.82, 2.24) is 9.97 Å². The van der Waals surface area contributed by atoms with Crippen molar-refractivity contribution >= 4 is 22.6 Å². The number of carbonyl (C=O) groups is 1. The molecule has 0 radical (unpaired) electrons. The molecule has 4 rings (SSSR count). The van der Waals surface area contributed by atoms with Crippen LogP contribution in [0.1, 0.15) is 12.5 Å². The van der Waals surface area contributed by atoms with Crippen LogP contribution < -0.4 is 10.1 Å². The third-order valence-electron chi connectivity index (χ3n) is 4.60. The van der Waals surface area contributed by atoms with E-state index in [0.29, 0.717) is 5.75 Å². The van der Waals surface area contributed by atoms with Crippen LogP contribution in [-0.2, 0) is 4.79 Å². The lowest BCUT2D eigenvalue weighted by atomic mass is 10.1. The van der Waals surface area contributed by atoms with Crippen molar-refractivity contribution in [3.63, 3.8) is 0 Å². The number of carbonyl (C=O) groups excluding carboxylic acids is 1. The van der Waals surface area contributed by atoms with E-state index in [0.717, 1.165) is 33.5 Å². The number of fused-ring (bicyclic) bond motifs is 1. The number of nitrogens with zero attached hydrogens (tertiary/aromatic N) is 2. The Kier molecular flexibility index (Phi) is 5.20. The van der Waals surface area contributed by atoms with E-state index in [9.17, 15) is 4.79 Å². The van der Waals surface area contributed by atoms with Gasteiger partial charge < -0.3 is 10.1 Å². The molecule has 0 saturated carbocycles. The molecule has 0 bridgehead atoms. The highest BCUT2D eigenvalue weighted by Gasteiger charge is 2.15. The van der Waals surface area contributed by atoms with Crippen molar-refractivity contribution in [1.29, 1.82) is 0 Å². The van der Waals surface area contributed by atoms with Crippen molar-refractivity contribution in [3.05, 3.63) is 84.6 Å². The largest absolute Gasteiger partial charge is 0.481 e.